The molecule has 32 heavy (non-hydrogen) atoms. The SMILES string of the molecule is COCCn1c(-c2csc(COc3cc(Cl)cc(Cl)c3)n2)cc(C(=O)NCC(C)C)c1C. The standard InChI is InChI=1S/C23H27Cl2N3O3S/c1-14(2)11-26-23(29)19-10-21(28(15(19)3)5-6-30-4)20-13-32-22(27-20)12-31-18-8-16(24)7-17(25)9-18/h7-10,13-14H,5-6,11-12H2,1-4H3,(H,26,29). The van der Waals surface area contributed by atoms with Crippen molar-refractivity contribution in [2.75, 3.05) is 20.3 Å². The van der Waals surface area contributed by atoms with E-state index in [2.05, 4.69) is 23.7 Å². The van der Waals surface area contributed by atoms with Crippen LogP contribution in [-0.2, 0) is 17.9 Å². The van der Waals surface area contributed by atoms with Crippen molar-refractivity contribution in [3.63, 3.8) is 0 Å². The summed E-state index contributed by atoms with van der Waals surface area (Å²) >= 11 is 13.6. The maximum Gasteiger partial charge on any atom is 0.253 e. The summed E-state index contributed by atoms with van der Waals surface area (Å²) in [6.45, 7) is 8.16. The summed E-state index contributed by atoms with van der Waals surface area (Å²) in [5.41, 5.74) is 3.20. The van der Waals surface area contributed by atoms with E-state index in [4.69, 9.17) is 37.7 Å². The van der Waals surface area contributed by atoms with Gasteiger partial charge in [0.1, 0.15) is 17.4 Å². The maximum atomic E-state index is 12.7. The van der Waals surface area contributed by atoms with Crippen molar-refractivity contribution in [3.8, 4) is 17.1 Å². The lowest BCUT2D eigenvalue weighted by Gasteiger charge is -2.11. The highest BCUT2D eigenvalue weighted by molar-refractivity contribution is 7.09. The molecule has 1 amide bonds. The van der Waals surface area contributed by atoms with Crippen LogP contribution in [0.2, 0.25) is 10.0 Å². The number of ether oxygens (including phenoxy) is 2. The van der Waals surface area contributed by atoms with E-state index in [9.17, 15) is 4.79 Å². The lowest BCUT2D eigenvalue weighted by atomic mass is 10.2. The minimum atomic E-state index is -0.0785. The number of hydrogen-bond acceptors (Lipinski definition) is 5. The molecule has 3 rings (SSSR count). The molecule has 1 aromatic carbocycles. The van der Waals surface area contributed by atoms with Crippen LogP contribution in [0.1, 0.15) is 34.9 Å². The molecule has 0 radical (unpaired) electrons. The number of nitrogens with zero attached hydrogens (tertiary/aromatic N) is 2. The fourth-order valence-electron chi connectivity index (χ4n) is 3.20. The molecular formula is C23H27Cl2N3O3S. The van der Waals surface area contributed by atoms with Gasteiger partial charge in [0.25, 0.3) is 5.91 Å². The van der Waals surface area contributed by atoms with E-state index in [1.54, 1.807) is 25.3 Å². The normalized spacial score (nSPS) is 11.2. The van der Waals surface area contributed by atoms with E-state index in [1.807, 2.05) is 18.4 Å². The Bertz CT molecular complexity index is 1060. The predicted molar refractivity (Wildman–Crippen MR) is 130 cm³/mol. The Hall–Kier alpha value is -2.06. The zero-order chi connectivity index (χ0) is 23.3. The topological polar surface area (TPSA) is 65.4 Å². The van der Waals surface area contributed by atoms with Crippen LogP contribution >= 0.6 is 34.5 Å². The smallest absolute Gasteiger partial charge is 0.253 e. The molecular weight excluding hydrogens is 469 g/mol. The molecule has 1 N–H and O–H groups in total. The number of halogens is 2. The number of methoxy groups -OCH3 is 1. The number of hydrogen-bond donors (Lipinski definition) is 1. The Morgan fingerprint density at radius 2 is 1.94 bits per heavy atom. The molecule has 3 aromatic rings. The van der Waals surface area contributed by atoms with Crippen molar-refractivity contribution in [3.05, 3.63) is 56.0 Å². The van der Waals surface area contributed by atoms with Gasteiger partial charge in [0.15, 0.2) is 0 Å². The molecule has 0 spiro atoms. The van der Waals surface area contributed by atoms with Crippen molar-refractivity contribution in [2.24, 2.45) is 5.92 Å². The largest absolute Gasteiger partial charge is 0.486 e. The Labute approximate surface area is 202 Å². The van der Waals surface area contributed by atoms with Crippen molar-refractivity contribution < 1.29 is 14.3 Å². The maximum absolute atomic E-state index is 12.7. The molecule has 2 aromatic heterocycles. The molecule has 0 atom stereocenters. The predicted octanol–water partition coefficient (Wildman–Crippen LogP) is 5.84. The quantitative estimate of drug-likeness (QED) is 0.383. The zero-order valence-electron chi connectivity index (χ0n) is 18.6. The fourth-order valence-corrected chi connectivity index (χ4v) is 4.41. The van der Waals surface area contributed by atoms with Crippen LogP contribution in [0.25, 0.3) is 11.4 Å². The van der Waals surface area contributed by atoms with E-state index in [0.717, 1.165) is 22.1 Å². The molecule has 9 heteroatoms. The van der Waals surface area contributed by atoms with Gasteiger partial charge in [-0.05, 0) is 37.1 Å². The van der Waals surface area contributed by atoms with Crippen molar-refractivity contribution >= 4 is 40.4 Å². The molecule has 0 saturated heterocycles. The minimum Gasteiger partial charge on any atom is -0.486 e. The third-order valence-electron chi connectivity index (χ3n) is 4.81. The fraction of sp³-hybridized carbons (Fsp3) is 0.391. The molecule has 6 nitrogen and oxygen atoms in total. The van der Waals surface area contributed by atoms with Gasteiger partial charge < -0.3 is 19.4 Å². The van der Waals surface area contributed by atoms with E-state index in [0.29, 0.717) is 53.6 Å². The first-order chi connectivity index (χ1) is 15.3. The van der Waals surface area contributed by atoms with Crippen LogP contribution in [0.4, 0.5) is 0 Å². The number of nitrogens with one attached hydrogen (secondary N) is 1. The van der Waals surface area contributed by atoms with Gasteiger partial charge in [-0.3, -0.25) is 4.79 Å². The van der Waals surface area contributed by atoms with E-state index < -0.39 is 0 Å². The van der Waals surface area contributed by atoms with Crippen LogP contribution in [0.15, 0.2) is 29.6 Å². The lowest BCUT2D eigenvalue weighted by Crippen LogP contribution is -2.27. The van der Waals surface area contributed by atoms with Crippen molar-refractivity contribution in [1.29, 1.82) is 0 Å². The van der Waals surface area contributed by atoms with E-state index in [1.165, 1.54) is 11.3 Å². The van der Waals surface area contributed by atoms with Gasteiger partial charge in [-0.1, -0.05) is 37.0 Å². The molecule has 0 fully saturated rings. The second-order valence-electron chi connectivity index (χ2n) is 7.80. The highest BCUT2D eigenvalue weighted by Gasteiger charge is 2.20. The number of benzene rings is 1. The van der Waals surface area contributed by atoms with Crippen LogP contribution in [-0.4, -0.2) is 35.7 Å². The average Bonchev–Trinajstić information content (AvgIpc) is 3.32. The Morgan fingerprint density at radius 1 is 1.22 bits per heavy atom. The van der Waals surface area contributed by atoms with Gasteiger partial charge in [-0.15, -0.1) is 11.3 Å². The Balaban J connectivity index is 1.82. The highest BCUT2D eigenvalue weighted by atomic mass is 35.5. The molecule has 0 aliphatic heterocycles. The van der Waals surface area contributed by atoms with Crippen LogP contribution in [0, 0.1) is 12.8 Å². The summed E-state index contributed by atoms with van der Waals surface area (Å²) in [6.07, 6.45) is 0. The summed E-state index contributed by atoms with van der Waals surface area (Å²) in [6, 6.07) is 6.98. The molecule has 0 aliphatic rings. The van der Waals surface area contributed by atoms with Gasteiger partial charge in [0.05, 0.1) is 23.6 Å². The van der Waals surface area contributed by atoms with Crippen molar-refractivity contribution in [2.45, 2.75) is 33.9 Å². The summed E-state index contributed by atoms with van der Waals surface area (Å²) in [4.78, 5) is 17.5. The summed E-state index contributed by atoms with van der Waals surface area (Å²) in [7, 11) is 1.66. The van der Waals surface area contributed by atoms with Gasteiger partial charge in [-0.2, -0.15) is 0 Å². The first-order valence-electron chi connectivity index (χ1n) is 10.3. The summed E-state index contributed by atoms with van der Waals surface area (Å²) < 4.78 is 13.2. The number of thiazole rings is 1. The van der Waals surface area contributed by atoms with Gasteiger partial charge in [-0.25, -0.2) is 4.98 Å². The number of rotatable bonds is 10. The molecule has 0 aliphatic carbocycles. The number of aromatic nitrogens is 2. The Morgan fingerprint density at radius 3 is 2.59 bits per heavy atom. The second kappa shape index (κ2) is 11.2. The molecule has 172 valence electrons. The average molecular weight is 496 g/mol. The van der Waals surface area contributed by atoms with Crippen LogP contribution in [0.3, 0.4) is 0 Å². The zero-order valence-corrected chi connectivity index (χ0v) is 20.9. The summed E-state index contributed by atoms with van der Waals surface area (Å²) in [5, 5.41) is 6.80. The van der Waals surface area contributed by atoms with E-state index >= 15 is 0 Å². The molecule has 0 bridgehead atoms. The first kappa shape index (κ1) is 24.6. The van der Waals surface area contributed by atoms with Gasteiger partial charge in [0, 0.05) is 41.3 Å². The molecule has 0 saturated carbocycles. The van der Waals surface area contributed by atoms with Gasteiger partial charge in [0.2, 0.25) is 0 Å². The Kier molecular flexibility index (Phi) is 8.59. The van der Waals surface area contributed by atoms with Crippen LogP contribution in [0.5, 0.6) is 5.75 Å². The minimum absolute atomic E-state index is 0.0785. The molecule has 2 heterocycles. The van der Waals surface area contributed by atoms with E-state index in [-0.39, 0.29) is 5.91 Å². The monoisotopic (exact) mass is 495 g/mol. The van der Waals surface area contributed by atoms with Gasteiger partial charge >= 0.3 is 0 Å². The number of amides is 1. The lowest BCUT2D eigenvalue weighted by molar-refractivity contribution is 0.0948. The van der Waals surface area contributed by atoms with Crippen LogP contribution < -0.4 is 10.1 Å². The highest BCUT2D eigenvalue weighted by Crippen LogP contribution is 2.29. The van der Waals surface area contributed by atoms with Crippen molar-refractivity contribution in [1.82, 2.24) is 14.9 Å². The third-order valence-corrected chi connectivity index (χ3v) is 6.07. The number of carbonyl (C=O) groups is 1. The second-order valence-corrected chi connectivity index (χ2v) is 9.61. The summed E-state index contributed by atoms with van der Waals surface area (Å²) in [5.74, 6) is 0.887. The third kappa shape index (κ3) is 6.25. The number of carbonyl (C=O) groups excluding carboxylic acids is 1. The first-order valence-corrected chi connectivity index (χ1v) is 11.9. The molecule has 0 unspecified atom stereocenters.